The van der Waals surface area contributed by atoms with E-state index < -0.39 is 0 Å². The van der Waals surface area contributed by atoms with Crippen molar-refractivity contribution < 1.29 is 15.3 Å². The highest BCUT2D eigenvalue weighted by molar-refractivity contribution is 5.25. The minimum atomic E-state index is -0.129. The SMILES string of the molecule is C[C@@]12CC[C@@H]3[C@H](CC=C4C[C@H](O)CC[C@@]43C)[C@H]1CC[C@@H]2N(CCO)CCO. The Hall–Kier alpha value is -0.420. The van der Waals surface area contributed by atoms with Crippen LogP contribution in [0.3, 0.4) is 0 Å². The molecule has 7 atom stereocenters. The van der Waals surface area contributed by atoms with Crippen LogP contribution in [0.5, 0.6) is 0 Å². The Bertz CT molecular complexity index is 572. The lowest BCUT2D eigenvalue weighted by atomic mass is 9.47. The van der Waals surface area contributed by atoms with Gasteiger partial charge >= 0.3 is 0 Å². The van der Waals surface area contributed by atoms with Gasteiger partial charge in [0.15, 0.2) is 0 Å². The number of hydrogen-bond acceptors (Lipinski definition) is 4. The zero-order valence-electron chi connectivity index (χ0n) is 17.2. The number of aliphatic hydroxyl groups excluding tert-OH is 3. The number of hydrogen-bond donors (Lipinski definition) is 3. The third-order valence-corrected chi connectivity index (χ3v) is 9.24. The van der Waals surface area contributed by atoms with E-state index in [1.54, 1.807) is 5.57 Å². The van der Waals surface area contributed by atoms with Gasteiger partial charge in [0.2, 0.25) is 0 Å². The molecule has 27 heavy (non-hydrogen) atoms. The zero-order chi connectivity index (χ0) is 19.2. The third-order valence-electron chi connectivity index (χ3n) is 9.24. The van der Waals surface area contributed by atoms with E-state index in [1.807, 2.05) is 0 Å². The summed E-state index contributed by atoms with van der Waals surface area (Å²) in [6, 6.07) is 0.495. The molecule has 0 aromatic carbocycles. The largest absolute Gasteiger partial charge is 0.395 e. The van der Waals surface area contributed by atoms with Gasteiger partial charge in [-0.15, -0.1) is 0 Å². The van der Waals surface area contributed by atoms with Crippen molar-refractivity contribution >= 4 is 0 Å². The predicted molar refractivity (Wildman–Crippen MR) is 107 cm³/mol. The van der Waals surface area contributed by atoms with Gasteiger partial charge < -0.3 is 15.3 Å². The van der Waals surface area contributed by atoms with Crippen LogP contribution in [0.1, 0.15) is 65.2 Å². The first-order valence-electron chi connectivity index (χ1n) is 11.3. The fourth-order valence-electron chi connectivity index (χ4n) is 7.89. The maximum atomic E-state index is 10.2. The molecule has 4 heteroatoms. The van der Waals surface area contributed by atoms with Gasteiger partial charge in [-0.2, -0.15) is 0 Å². The highest BCUT2D eigenvalue weighted by Crippen LogP contribution is 2.65. The fraction of sp³-hybridized carbons (Fsp3) is 0.913. The van der Waals surface area contributed by atoms with Gasteiger partial charge in [-0.3, -0.25) is 4.90 Å². The summed E-state index contributed by atoms with van der Waals surface area (Å²) in [5.74, 6) is 2.29. The van der Waals surface area contributed by atoms with Crippen LogP contribution in [0, 0.1) is 28.6 Å². The van der Waals surface area contributed by atoms with Crippen molar-refractivity contribution in [3.05, 3.63) is 11.6 Å². The molecule has 0 saturated heterocycles. The molecule has 0 bridgehead atoms. The minimum absolute atomic E-state index is 0.129. The van der Waals surface area contributed by atoms with Crippen molar-refractivity contribution in [1.82, 2.24) is 4.90 Å². The summed E-state index contributed by atoms with van der Waals surface area (Å²) in [5, 5.41) is 29.2. The van der Waals surface area contributed by atoms with Crippen LogP contribution < -0.4 is 0 Å². The topological polar surface area (TPSA) is 63.9 Å². The molecule has 154 valence electrons. The van der Waals surface area contributed by atoms with Gasteiger partial charge in [0.05, 0.1) is 19.3 Å². The summed E-state index contributed by atoms with van der Waals surface area (Å²) in [6.07, 6.45) is 11.6. The van der Waals surface area contributed by atoms with E-state index in [0.717, 1.165) is 37.0 Å². The molecule has 3 saturated carbocycles. The molecule has 0 unspecified atom stereocenters. The smallest absolute Gasteiger partial charge is 0.0577 e. The van der Waals surface area contributed by atoms with E-state index >= 15 is 0 Å². The molecule has 4 nitrogen and oxygen atoms in total. The second kappa shape index (κ2) is 7.44. The predicted octanol–water partition coefficient (Wildman–Crippen LogP) is 2.97. The van der Waals surface area contributed by atoms with Gasteiger partial charge in [-0.1, -0.05) is 25.5 Å². The van der Waals surface area contributed by atoms with E-state index in [4.69, 9.17) is 0 Å². The normalized spacial score (nSPS) is 46.6. The Morgan fingerprint density at radius 1 is 1.00 bits per heavy atom. The first-order valence-corrected chi connectivity index (χ1v) is 11.3. The first kappa shape index (κ1) is 19.9. The average Bonchev–Trinajstić information content (AvgIpc) is 2.99. The number of allylic oxidation sites excluding steroid dienone is 1. The van der Waals surface area contributed by atoms with Crippen molar-refractivity contribution in [2.24, 2.45) is 28.6 Å². The highest BCUT2D eigenvalue weighted by Gasteiger charge is 2.59. The summed E-state index contributed by atoms with van der Waals surface area (Å²) < 4.78 is 0. The van der Waals surface area contributed by atoms with E-state index in [2.05, 4.69) is 24.8 Å². The Labute approximate surface area is 164 Å². The minimum Gasteiger partial charge on any atom is -0.395 e. The summed E-state index contributed by atoms with van der Waals surface area (Å²) in [6.45, 7) is 6.70. The van der Waals surface area contributed by atoms with Crippen molar-refractivity contribution in [1.29, 1.82) is 0 Å². The van der Waals surface area contributed by atoms with Gasteiger partial charge in [0, 0.05) is 19.1 Å². The van der Waals surface area contributed by atoms with E-state index in [0.29, 0.717) is 30.0 Å². The Kier molecular flexibility index (Phi) is 5.48. The Morgan fingerprint density at radius 2 is 1.74 bits per heavy atom. The lowest BCUT2D eigenvalue weighted by Gasteiger charge is -2.58. The van der Waals surface area contributed by atoms with Gasteiger partial charge in [-0.05, 0) is 80.0 Å². The molecule has 0 spiro atoms. The van der Waals surface area contributed by atoms with E-state index in [-0.39, 0.29) is 19.3 Å². The molecule has 3 N–H and O–H groups in total. The van der Waals surface area contributed by atoms with Crippen molar-refractivity contribution in [2.45, 2.75) is 77.4 Å². The average molecular weight is 378 g/mol. The standard InChI is InChI=1S/C23H39NO3/c1-22-9-7-17(27)15-16(22)3-4-18-19-5-6-21(24(11-13-25)12-14-26)23(19,2)10-8-20(18)22/h3,17-21,25-27H,4-15H2,1-2H3/t17-,18-,19-,20-,21+,22+,23-/m1/s1. The molecule has 3 fully saturated rings. The van der Waals surface area contributed by atoms with E-state index in [1.165, 1.54) is 32.1 Å². The van der Waals surface area contributed by atoms with Crippen LogP contribution in [0.4, 0.5) is 0 Å². The quantitative estimate of drug-likeness (QED) is 0.645. The summed E-state index contributed by atoms with van der Waals surface area (Å²) in [7, 11) is 0. The molecule has 0 radical (unpaired) electrons. The Balaban J connectivity index is 1.58. The molecule has 4 rings (SSSR count). The number of rotatable bonds is 5. The van der Waals surface area contributed by atoms with Gasteiger partial charge in [0.25, 0.3) is 0 Å². The molecule has 4 aliphatic rings. The van der Waals surface area contributed by atoms with Crippen molar-refractivity contribution in [2.75, 3.05) is 26.3 Å². The first-order chi connectivity index (χ1) is 12.9. The monoisotopic (exact) mass is 377 g/mol. The number of fused-ring (bicyclic) bond motifs is 5. The maximum absolute atomic E-state index is 10.2. The second-order valence-corrected chi connectivity index (χ2v) is 10.3. The molecule has 0 heterocycles. The molecule has 0 aromatic rings. The summed E-state index contributed by atoms with van der Waals surface area (Å²) in [4.78, 5) is 2.36. The molecular weight excluding hydrogens is 338 g/mol. The molecule has 4 aliphatic carbocycles. The zero-order valence-corrected chi connectivity index (χ0v) is 17.2. The number of nitrogens with zero attached hydrogens (tertiary/aromatic N) is 1. The molecule has 0 amide bonds. The van der Waals surface area contributed by atoms with Crippen LogP contribution in [-0.2, 0) is 0 Å². The van der Waals surface area contributed by atoms with E-state index in [9.17, 15) is 15.3 Å². The maximum Gasteiger partial charge on any atom is 0.0577 e. The molecular formula is C23H39NO3. The van der Waals surface area contributed by atoms with Crippen LogP contribution in [0.2, 0.25) is 0 Å². The van der Waals surface area contributed by atoms with Crippen LogP contribution in [-0.4, -0.2) is 58.7 Å². The highest BCUT2D eigenvalue weighted by atomic mass is 16.3. The Morgan fingerprint density at radius 3 is 2.44 bits per heavy atom. The van der Waals surface area contributed by atoms with Gasteiger partial charge in [-0.25, -0.2) is 0 Å². The molecule has 0 aromatic heterocycles. The van der Waals surface area contributed by atoms with Crippen LogP contribution in [0.25, 0.3) is 0 Å². The van der Waals surface area contributed by atoms with Crippen molar-refractivity contribution in [3.63, 3.8) is 0 Å². The van der Waals surface area contributed by atoms with Crippen molar-refractivity contribution in [3.8, 4) is 0 Å². The lowest BCUT2D eigenvalue weighted by molar-refractivity contribution is -0.0621. The summed E-state index contributed by atoms with van der Waals surface area (Å²) in [5.41, 5.74) is 2.15. The lowest BCUT2D eigenvalue weighted by Crippen LogP contribution is -2.54. The van der Waals surface area contributed by atoms with Gasteiger partial charge in [0.1, 0.15) is 0 Å². The molecule has 0 aliphatic heterocycles. The second-order valence-electron chi connectivity index (χ2n) is 10.3. The third kappa shape index (κ3) is 3.11. The number of aliphatic hydroxyl groups is 3. The summed E-state index contributed by atoms with van der Waals surface area (Å²) >= 11 is 0. The van der Waals surface area contributed by atoms with Crippen LogP contribution >= 0.6 is 0 Å². The van der Waals surface area contributed by atoms with Crippen LogP contribution in [0.15, 0.2) is 11.6 Å². The fourth-order valence-corrected chi connectivity index (χ4v) is 7.89.